The van der Waals surface area contributed by atoms with Crippen molar-refractivity contribution in [2.24, 2.45) is 0 Å². The number of ether oxygens (including phenoxy) is 3. The summed E-state index contributed by atoms with van der Waals surface area (Å²) >= 11 is 6.12. The lowest BCUT2D eigenvalue weighted by Crippen LogP contribution is -2.38. The molecule has 1 aliphatic heterocycles. The van der Waals surface area contributed by atoms with Crippen molar-refractivity contribution in [3.63, 3.8) is 0 Å². The molecule has 0 saturated heterocycles. The van der Waals surface area contributed by atoms with Crippen molar-refractivity contribution in [2.45, 2.75) is 6.54 Å². The number of para-hydroxylation sites is 2. The lowest BCUT2D eigenvalue weighted by Gasteiger charge is -2.29. The Hall–Kier alpha value is -3.71. The summed E-state index contributed by atoms with van der Waals surface area (Å²) in [4.78, 5) is 26.8. The third-order valence-corrected chi connectivity index (χ3v) is 5.38. The Bertz CT molecular complexity index is 1160. The van der Waals surface area contributed by atoms with Gasteiger partial charge in [-0.05, 0) is 29.8 Å². The SMILES string of the molecule is COc1cc(NC(=O)c2ccc(CN3C(=O)COc4ccccc43)cc2)c(OC)cc1Cl. The predicted octanol–water partition coefficient (Wildman–Crippen LogP) is 4.54. The van der Waals surface area contributed by atoms with Gasteiger partial charge < -0.3 is 24.4 Å². The highest BCUT2D eigenvalue weighted by molar-refractivity contribution is 6.32. The van der Waals surface area contributed by atoms with Gasteiger partial charge in [0.2, 0.25) is 0 Å². The van der Waals surface area contributed by atoms with Crippen LogP contribution in [0.1, 0.15) is 15.9 Å². The van der Waals surface area contributed by atoms with E-state index >= 15 is 0 Å². The number of fused-ring (bicyclic) bond motifs is 1. The van der Waals surface area contributed by atoms with Crippen molar-refractivity contribution >= 4 is 34.8 Å². The van der Waals surface area contributed by atoms with Crippen LogP contribution in [0.15, 0.2) is 60.7 Å². The topological polar surface area (TPSA) is 77.1 Å². The van der Waals surface area contributed by atoms with Gasteiger partial charge >= 0.3 is 0 Å². The van der Waals surface area contributed by atoms with E-state index in [9.17, 15) is 9.59 Å². The highest BCUT2D eigenvalue weighted by atomic mass is 35.5. The Balaban J connectivity index is 1.50. The van der Waals surface area contributed by atoms with Crippen molar-refractivity contribution in [1.82, 2.24) is 0 Å². The molecule has 0 bridgehead atoms. The molecule has 32 heavy (non-hydrogen) atoms. The lowest BCUT2D eigenvalue weighted by molar-refractivity contribution is -0.121. The molecule has 0 atom stereocenters. The van der Waals surface area contributed by atoms with Gasteiger partial charge in [0.25, 0.3) is 11.8 Å². The van der Waals surface area contributed by atoms with Gasteiger partial charge in [-0.2, -0.15) is 0 Å². The Morgan fingerprint density at radius 3 is 2.50 bits per heavy atom. The van der Waals surface area contributed by atoms with Crippen molar-refractivity contribution in [2.75, 3.05) is 31.0 Å². The molecule has 1 N–H and O–H groups in total. The number of nitrogens with zero attached hydrogens (tertiary/aromatic N) is 1. The number of rotatable bonds is 6. The average Bonchev–Trinajstić information content (AvgIpc) is 2.82. The zero-order valence-corrected chi connectivity index (χ0v) is 18.3. The first-order valence-corrected chi connectivity index (χ1v) is 10.2. The van der Waals surface area contributed by atoms with Crippen LogP contribution in [-0.4, -0.2) is 32.6 Å². The Morgan fingerprint density at radius 1 is 1.06 bits per heavy atom. The van der Waals surface area contributed by atoms with Gasteiger partial charge in [0.1, 0.15) is 17.2 Å². The van der Waals surface area contributed by atoms with E-state index in [0.717, 1.165) is 11.3 Å². The maximum atomic E-state index is 12.8. The molecule has 1 heterocycles. The third-order valence-electron chi connectivity index (χ3n) is 5.09. The number of benzene rings is 3. The fourth-order valence-corrected chi connectivity index (χ4v) is 3.65. The van der Waals surface area contributed by atoms with E-state index in [2.05, 4.69) is 5.32 Å². The number of methoxy groups -OCH3 is 2. The molecule has 0 spiro atoms. The van der Waals surface area contributed by atoms with Gasteiger partial charge in [0, 0.05) is 17.7 Å². The monoisotopic (exact) mass is 452 g/mol. The molecular weight excluding hydrogens is 432 g/mol. The van der Waals surface area contributed by atoms with E-state index in [1.807, 2.05) is 36.4 Å². The summed E-state index contributed by atoms with van der Waals surface area (Å²) in [7, 11) is 2.99. The van der Waals surface area contributed by atoms with Gasteiger partial charge in [0.05, 0.1) is 37.2 Å². The van der Waals surface area contributed by atoms with Crippen molar-refractivity contribution < 1.29 is 23.8 Å². The van der Waals surface area contributed by atoms with Gasteiger partial charge in [-0.15, -0.1) is 0 Å². The number of nitrogens with one attached hydrogen (secondary N) is 1. The van der Waals surface area contributed by atoms with Crippen LogP contribution in [0.5, 0.6) is 17.2 Å². The number of carbonyl (C=O) groups excluding carboxylic acids is 2. The number of amides is 2. The van der Waals surface area contributed by atoms with Gasteiger partial charge in [-0.1, -0.05) is 35.9 Å². The van der Waals surface area contributed by atoms with Crippen LogP contribution in [0.25, 0.3) is 0 Å². The fourth-order valence-electron chi connectivity index (χ4n) is 3.42. The van der Waals surface area contributed by atoms with Crippen LogP contribution < -0.4 is 24.4 Å². The highest BCUT2D eigenvalue weighted by Gasteiger charge is 2.25. The molecule has 0 aromatic heterocycles. The smallest absolute Gasteiger partial charge is 0.265 e. The molecule has 0 saturated carbocycles. The summed E-state index contributed by atoms with van der Waals surface area (Å²) in [6, 6.07) is 17.7. The predicted molar refractivity (Wildman–Crippen MR) is 122 cm³/mol. The maximum absolute atomic E-state index is 12.8. The lowest BCUT2D eigenvalue weighted by atomic mass is 10.1. The van der Waals surface area contributed by atoms with E-state index in [4.69, 9.17) is 25.8 Å². The molecule has 2 amide bonds. The summed E-state index contributed by atoms with van der Waals surface area (Å²) in [6.07, 6.45) is 0. The summed E-state index contributed by atoms with van der Waals surface area (Å²) in [5.41, 5.74) is 2.52. The number of anilines is 2. The summed E-state index contributed by atoms with van der Waals surface area (Å²) in [5.74, 6) is 1.09. The van der Waals surface area contributed by atoms with Crippen LogP contribution in [0, 0.1) is 0 Å². The second-order valence-electron chi connectivity index (χ2n) is 7.07. The Labute approximate surface area is 190 Å². The molecule has 8 heteroatoms. The van der Waals surface area contributed by atoms with E-state index < -0.39 is 0 Å². The minimum atomic E-state index is -0.313. The van der Waals surface area contributed by atoms with Crippen LogP contribution in [0.4, 0.5) is 11.4 Å². The van der Waals surface area contributed by atoms with Gasteiger partial charge in [-0.3, -0.25) is 9.59 Å². The Kier molecular flexibility index (Phi) is 6.18. The summed E-state index contributed by atoms with van der Waals surface area (Å²) in [6.45, 7) is 0.382. The second-order valence-corrected chi connectivity index (χ2v) is 7.48. The molecular formula is C24H21ClN2O5. The van der Waals surface area contributed by atoms with Crippen LogP contribution >= 0.6 is 11.6 Å². The minimum Gasteiger partial charge on any atom is -0.495 e. The molecule has 0 unspecified atom stereocenters. The number of halogens is 1. The summed E-state index contributed by atoms with van der Waals surface area (Å²) < 4.78 is 16.0. The quantitative estimate of drug-likeness (QED) is 0.594. The zero-order valence-electron chi connectivity index (χ0n) is 17.6. The maximum Gasteiger partial charge on any atom is 0.265 e. The second kappa shape index (κ2) is 9.20. The first-order chi connectivity index (χ1) is 15.5. The Morgan fingerprint density at radius 2 is 1.78 bits per heavy atom. The van der Waals surface area contributed by atoms with Crippen molar-refractivity contribution in [3.05, 3.63) is 76.8 Å². The summed E-state index contributed by atoms with van der Waals surface area (Å²) in [5, 5.41) is 3.20. The van der Waals surface area contributed by atoms with Gasteiger partial charge in [-0.25, -0.2) is 0 Å². The normalized spacial score (nSPS) is 12.6. The van der Waals surface area contributed by atoms with Crippen molar-refractivity contribution in [3.8, 4) is 17.2 Å². The average molecular weight is 453 g/mol. The number of hydrogen-bond donors (Lipinski definition) is 1. The van der Waals surface area contributed by atoms with E-state index in [-0.39, 0.29) is 18.4 Å². The van der Waals surface area contributed by atoms with Crippen LogP contribution in [-0.2, 0) is 11.3 Å². The van der Waals surface area contributed by atoms with Crippen molar-refractivity contribution in [1.29, 1.82) is 0 Å². The van der Waals surface area contributed by atoms with Crippen LogP contribution in [0.3, 0.4) is 0 Å². The third kappa shape index (κ3) is 4.33. The number of hydrogen-bond acceptors (Lipinski definition) is 5. The molecule has 7 nitrogen and oxygen atoms in total. The van der Waals surface area contributed by atoms with E-state index in [1.165, 1.54) is 14.2 Å². The van der Waals surface area contributed by atoms with Crippen LogP contribution in [0.2, 0.25) is 5.02 Å². The molecule has 164 valence electrons. The largest absolute Gasteiger partial charge is 0.495 e. The number of carbonyl (C=O) groups is 2. The molecule has 4 rings (SSSR count). The fraction of sp³-hybridized carbons (Fsp3) is 0.167. The minimum absolute atomic E-state index is 0.00386. The molecule has 1 aliphatic rings. The molecule has 3 aromatic carbocycles. The molecule has 0 aliphatic carbocycles. The standard InChI is InChI=1S/C24H21ClN2O5/c1-30-21-12-18(22(31-2)11-17(21)25)26-24(29)16-9-7-15(8-10-16)13-27-19-5-3-4-6-20(19)32-14-23(27)28/h3-12H,13-14H2,1-2H3,(H,26,29). The highest BCUT2D eigenvalue weighted by Crippen LogP contribution is 2.36. The van der Waals surface area contributed by atoms with E-state index in [1.54, 1.807) is 29.2 Å². The first-order valence-electron chi connectivity index (χ1n) is 9.84. The molecule has 3 aromatic rings. The first kappa shape index (κ1) is 21.5. The molecule has 0 fully saturated rings. The zero-order chi connectivity index (χ0) is 22.7. The van der Waals surface area contributed by atoms with E-state index in [0.29, 0.717) is 40.1 Å². The van der Waals surface area contributed by atoms with Gasteiger partial charge in [0.15, 0.2) is 6.61 Å². The molecule has 0 radical (unpaired) electrons.